The summed E-state index contributed by atoms with van der Waals surface area (Å²) in [7, 11) is 0. The highest BCUT2D eigenvalue weighted by Crippen LogP contribution is 2.56. The van der Waals surface area contributed by atoms with Crippen LogP contribution in [0.4, 0.5) is 17.6 Å². The summed E-state index contributed by atoms with van der Waals surface area (Å²) in [5.41, 5.74) is 0.179. The van der Waals surface area contributed by atoms with E-state index < -0.39 is 35.0 Å². The van der Waals surface area contributed by atoms with Crippen molar-refractivity contribution in [3.05, 3.63) is 70.3 Å². The second-order valence-corrected chi connectivity index (χ2v) is 12.0. The Labute approximate surface area is 239 Å². The molecule has 0 radical (unpaired) electrons. The molecule has 1 unspecified atom stereocenters. The van der Waals surface area contributed by atoms with Crippen LogP contribution in [0.5, 0.6) is 11.8 Å². The number of aliphatic hydroxyl groups is 1. The minimum absolute atomic E-state index is 0.0791. The maximum atomic E-state index is 15.0. The molecule has 2 heterocycles. The van der Waals surface area contributed by atoms with Crippen LogP contribution in [0.2, 0.25) is 0 Å². The molecule has 1 aromatic carbocycles. The molecule has 42 heavy (non-hydrogen) atoms. The van der Waals surface area contributed by atoms with Gasteiger partial charge in [0.1, 0.15) is 12.4 Å². The van der Waals surface area contributed by atoms with E-state index in [0.29, 0.717) is 31.9 Å². The van der Waals surface area contributed by atoms with E-state index in [0.717, 1.165) is 23.6 Å². The van der Waals surface area contributed by atoms with Crippen LogP contribution in [0.25, 0.3) is 11.1 Å². The van der Waals surface area contributed by atoms with Crippen molar-refractivity contribution in [1.82, 2.24) is 9.97 Å². The smallest absolute Gasteiger partial charge is 0.417 e. The zero-order valence-electron chi connectivity index (χ0n) is 23.0. The molecule has 0 saturated heterocycles. The van der Waals surface area contributed by atoms with Gasteiger partial charge in [-0.3, -0.25) is 4.79 Å². The lowest BCUT2D eigenvalue weighted by molar-refractivity contribution is -0.142. The number of benzene rings is 1. The molecule has 3 aliphatic carbocycles. The molecule has 0 spiro atoms. The Hall–Kier alpha value is -3.73. The number of rotatable bonds is 8. The Kier molecular flexibility index (Phi) is 6.91. The van der Waals surface area contributed by atoms with Crippen LogP contribution in [-0.4, -0.2) is 38.4 Å². The molecule has 2 fully saturated rings. The van der Waals surface area contributed by atoms with Gasteiger partial charge in [-0.25, -0.2) is 14.4 Å². The number of nitrogens with zero attached hydrogens (tertiary/aromatic N) is 2. The lowest BCUT2D eigenvalue weighted by Crippen LogP contribution is -2.43. The Morgan fingerprint density at radius 3 is 2.50 bits per heavy atom. The number of pyridine rings is 2. The number of ether oxygens (including phenoxy) is 2. The lowest BCUT2D eigenvalue weighted by Gasteiger charge is -2.40. The Balaban J connectivity index is 1.22. The molecule has 3 aliphatic rings. The van der Waals surface area contributed by atoms with Crippen molar-refractivity contribution in [3.8, 4) is 22.9 Å². The first-order chi connectivity index (χ1) is 19.8. The van der Waals surface area contributed by atoms with Crippen LogP contribution < -0.4 is 9.47 Å². The minimum Gasteiger partial charge on any atom is -0.481 e. The highest BCUT2D eigenvalue weighted by atomic mass is 19.4. The van der Waals surface area contributed by atoms with Gasteiger partial charge in [-0.2, -0.15) is 13.2 Å². The number of halogens is 4. The molecular weight excluding hydrogens is 556 g/mol. The minimum atomic E-state index is -4.81. The molecule has 0 amide bonds. The molecule has 7 nitrogen and oxygen atoms in total. The summed E-state index contributed by atoms with van der Waals surface area (Å²) in [6, 6.07) is 6.28. The Morgan fingerprint density at radius 1 is 1.07 bits per heavy atom. The third kappa shape index (κ3) is 5.30. The quantitative estimate of drug-likeness (QED) is 0.295. The second-order valence-electron chi connectivity index (χ2n) is 12.0. The lowest BCUT2D eigenvalue weighted by atomic mass is 9.73. The first-order valence-corrected chi connectivity index (χ1v) is 13.9. The van der Waals surface area contributed by atoms with E-state index >= 15 is 0 Å². The van der Waals surface area contributed by atoms with Crippen molar-refractivity contribution in [2.75, 3.05) is 6.61 Å². The van der Waals surface area contributed by atoms with Gasteiger partial charge >= 0.3 is 12.1 Å². The van der Waals surface area contributed by atoms with Crippen molar-refractivity contribution in [2.24, 2.45) is 11.8 Å². The highest BCUT2D eigenvalue weighted by molar-refractivity contribution is 5.74. The maximum Gasteiger partial charge on any atom is 0.417 e. The number of aromatic nitrogens is 2. The molecule has 2 aromatic heterocycles. The first kappa shape index (κ1) is 28.4. The number of alkyl halides is 3. The number of carboxylic acid groups (broad SMARTS) is 1. The van der Waals surface area contributed by atoms with Gasteiger partial charge in [-0.05, 0) is 92.2 Å². The van der Waals surface area contributed by atoms with Gasteiger partial charge in [0.05, 0.1) is 23.7 Å². The van der Waals surface area contributed by atoms with Crippen molar-refractivity contribution >= 4 is 5.97 Å². The highest BCUT2D eigenvalue weighted by Gasteiger charge is 2.47. The summed E-state index contributed by atoms with van der Waals surface area (Å²) in [5, 5.41) is 19.3. The average molecular weight is 587 g/mol. The largest absolute Gasteiger partial charge is 0.481 e. The summed E-state index contributed by atoms with van der Waals surface area (Å²) in [4.78, 5) is 20.1. The van der Waals surface area contributed by atoms with E-state index in [1.807, 2.05) is 0 Å². The molecule has 2 bridgehead atoms. The fourth-order valence-corrected chi connectivity index (χ4v) is 6.86. The van der Waals surface area contributed by atoms with Crippen molar-refractivity contribution in [1.29, 1.82) is 0 Å². The van der Waals surface area contributed by atoms with E-state index in [2.05, 4.69) is 9.97 Å². The number of carbonyl (C=O) groups is 1. The molecular formula is C31H30F4N2O5. The summed E-state index contributed by atoms with van der Waals surface area (Å²) in [6.45, 7) is 3.30. The maximum absolute atomic E-state index is 15.0. The van der Waals surface area contributed by atoms with Crippen LogP contribution in [0.15, 0.2) is 36.5 Å². The van der Waals surface area contributed by atoms with Gasteiger partial charge in [0.25, 0.3) is 0 Å². The standard InChI is InChI=1S/C31H30F4N2O5/c1-15-19(3-4-27(37-15)41-13-16-10-30(2,40)11-16)22-7-18(26(32)9-25(22)31(33,34)35)14-42-28-8-20-17-5-21(24(20)12-36-28)23(6-17)29(38)39/h3-4,7-9,12,16-17,21,23,40H,5-6,10-11,13-14H2,1-2H3,(H,38,39)/t16?,17?,21-,23-,30?/m0/s1. The number of fused-ring (bicyclic) bond motifs is 5. The molecule has 11 heteroatoms. The van der Waals surface area contributed by atoms with Crippen molar-refractivity contribution < 1.29 is 42.0 Å². The van der Waals surface area contributed by atoms with Crippen molar-refractivity contribution in [3.63, 3.8) is 0 Å². The fourth-order valence-electron chi connectivity index (χ4n) is 6.86. The third-order valence-electron chi connectivity index (χ3n) is 8.80. The fraction of sp³-hybridized carbons (Fsp3) is 0.452. The van der Waals surface area contributed by atoms with E-state index in [9.17, 15) is 32.6 Å². The van der Waals surface area contributed by atoms with Crippen molar-refractivity contribution in [2.45, 2.75) is 69.8 Å². The average Bonchev–Trinajstić information content (AvgIpc) is 3.49. The van der Waals surface area contributed by atoms with Crippen LogP contribution in [-0.2, 0) is 17.6 Å². The van der Waals surface area contributed by atoms with Crippen LogP contribution in [0, 0.1) is 24.6 Å². The van der Waals surface area contributed by atoms with Gasteiger partial charge in [0.15, 0.2) is 0 Å². The van der Waals surface area contributed by atoms with Gasteiger partial charge in [-0.1, -0.05) is 0 Å². The summed E-state index contributed by atoms with van der Waals surface area (Å²) in [6.07, 6.45) is -0.751. The molecule has 2 saturated carbocycles. The zero-order valence-corrected chi connectivity index (χ0v) is 23.0. The number of hydrogen-bond donors (Lipinski definition) is 2. The number of carboxylic acids is 1. The van der Waals surface area contributed by atoms with E-state index in [1.165, 1.54) is 12.1 Å². The summed E-state index contributed by atoms with van der Waals surface area (Å²) in [5.74, 6) is -1.70. The molecule has 0 aliphatic heterocycles. The van der Waals surface area contributed by atoms with Crippen LogP contribution >= 0.6 is 0 Å². The monoisotopic (exact) mass is 586 g/mol. The van der Waals surface area contributed by atoms with E-state index in [1.54, 1.807) is 26.1 Å². The van der Waals surface area contributed by atoms with Gasteiger partial charge in [-0.15, -0.1) is 0 Å². The molecule has 3 atom stereocenters. The summed E-state index contributed by atoms with van der Waals surface area (Å²) >= 11 is 0. The SMILES string of the molecule is Cc1nc(OCC2CC(C)(O)C2)ccc1-c1cc(COc2cc3c(cn2)[C@H]2CC3C[C@@H]2C(=O)O)c(F)cc1C(F)(F)F. The second kappa shape index (κ2) is 10.2. The Morgan fingerprint density at radius 2 is 1.83 bits per heavy atom. The Bertz CT molecular complexity index is 1550. The molecule has 6 rings (SSSR count). The van der Waals surface area contributed by atoms with E-state index in [-0.39, 0.29) is 58.5 Å². The van der Waals surface area contributed by atoms with Gasteiger partial charge < -0.3 is 19.7 Å². The third-order valence-corrected chi connectivity index (χ3v) is 8.80. The summed E-state index contributed by atoms with van der Waals surface area (Å²) < 4.78 is 68.4. The number of hydrogen-bond acceptors (Lipinski definition) is 6. The van der Waals surface area contributed by atoms with Gasteiger partial charge in [0, 0.05) is 35.2 Å². The molecule has 3 aromatic rings. The predicted octanol–water partition coefficient (Wildman–Crippen LogP) is 6.40. The van der Waals surface area contributed by atoms with Crippen LogP contribution in [0.1, 0.15) is 72.4 Å². The molecule has 2 N–H and O–H groups in total. The molecule has 222 valence electrons. The normalized spacial score (nSPS) is 26.1. The zero-order chi connectivity index (χ0) is 30.0. The number of aryl methyl sites for hydroxylation is 1. The topological polar surface area (TPSA) is 102 Å². The number of aliphatic carboxylic acids is 1. The predicted molar refractivity (Wildman–Crippen MR) is 143 cm³/mol. The van der Waals surface area contributed by atoms with E-state index in [4.69, 9.17) is 9.47 Å². The first-order valence-electron chi connectivity index (χ1n) is 13.9. The van der Waals surface area contributed by atoms with Gasteiger partial charge in [0.2, 0.25) is 11.8 Å². The van der Waals surface area contributed by atoms with Crippen LogP contribution in [0.3, 0.4) is 0 Å².